The molecule has 2 aromatic rings. The number of aryl methyl sites for hydroxylation is 1. The van der Waals surface area contributed by atoms with Crippen LogP contribution in [0.15, 0.2) is 48.5 Å². The van der Waals surface area contributed by atoms with E-state index in [9.17, 15) is 14.0 Å². The summed E-state index contributed by atoms with van der Waals surface area (Å²) in [6.45, 7) is 1.94. The van der Waals surface area contributed by atoms with E-state index in [4.69, 9.17) is 0 Å². The number of amides is 2. The van der Waals surface area contributed by atoms with E-state index in [-0.39, 0.29) is 11.6 Å². The monoisotopic (exact) mass is 360 g/mol. The summed E-state index contributed by atoms with van der Waals surface area (Å²) in [5, 5.41) is 5.29. The molecule has 0 aliphatic heterocycles. The van der Waals surface area contributed by atoms with Gasteiger partial charge >= 0.3 is 0 Å². The number of nitrogens with one attached hydrogen (secondary N) is 2. The fourth-order valence-corrected chi connectivity index (χ4v) is 2.70. The third-order valence-electron chi connectivity index (χ3n) is 3.68. The molecule has 2 aromatic carbocycles. The number of benzene rings is 2. The first-order valence-electron chi connectivity index (χ1n) is 7.93. The molecule has 0 aliphatic rings. The number of hydrogen-bond acceptors (Lipinski definition) is 3. The van der Waals surface area contributed by atoms with Crippen molar-refractivity contribution in [2.75, 3.05) is 17.3 Å². The highest BCUT2D eigenvalue weighted by atomic mass is 32.2. The Morgan fingerprint density at radius 3 is 2.44 bits per heavy atom. The number of hydrogen-bond donors (Lipinski definition) is 2. The lowest BCUT2D eigenvalue weighted by atomic mass is 10.1. The summed E-state index contributed by atoms with van der Waals surface area (Å²) in [6.07, 6.45) is 2.38. The number of carbonyl (C=O) groups excluding carboxylic acids is 2. The van der Waals surface area contributed by atoms with Gasteiger partial charge in [0.1, 0.15) is 11.9 Å². The van der Waals surface area contributed by atoms with Crippen LogP contribution in [0.5, 0.6) is 0 Å². The quantitative estimate of drug-likeness (QED) is 0.793. The summed E-state index contributed by atoms with van der Waals surface area (Å²) in [5.41, 5.74) is 1.64. The zero-order chi connectivity index (χ0) is 18.2. The Balaban J connectivity index is 2.09. The topological polar surface area (TPSA) is 58.2 Å². The molecule has 0 bridgehead atoms. The van der Waals surface area contributed by atoms with Gasteiger partial charge in [-0.05, 0) is 49.6 Å². The van der Waals surface area contributed by atoms with Crippen LogP contribution in [0.4, 0.5) is 10.1 Å². The maximum Gasteiger partial charge on any atom is 0.251 e. The summed E-state index contributed by atoms with van der Waals surface area (Å²) in [7, 11) is 0. The summed E-state index contributed by atoms with van der Waals surface area (Å²) >= 11 is 1.58. The van der Waals surface area contributed by atoms with Gasteiger partial charge in [-0.1, -0.05) is 29.8 Å². The van der Waals surface area contributed by atoms with Crippen LogP contribution in [0, 0.1) is 12.7 Å². The Morgan fingerprint density at radius 1 is 1.12 bits per heavy atom. The Hall–Kier alpha value is -2.34. The van der Waals surface area contributed by atoms with Crippen LogP contribution in [-0.4, -0.2) is 29.9 Å². The molecule has 0 spiro atoms. The average molecular weight is 360 g/mol. The first kappa shape index (κ1) is 19.0. The van der Waals surface area contributed by atoms with Crippen LogP contribution in [0.2, 0.25) is 0 Å². The lowest BCUT2D eigenvalue weighted by molar-refractivity contribution is -0.118. The number of halogens is 1. The van der Waals surface area contributed by atoms with Gasteiger partial charge in [0.2, 0.25) is 5.91 Å². The molecule has 2 N–H and O–H groups in total. The Bertz CT molecular complexity index is 734. The highest BCUT2D eigenvalue weighted by Crippen LogP contribution is 2.14. The Morgan fingerprint density at radius 2 is 1.80 bits per heavy atom. The van der Waals surface area contributed by atoms with Gasteiger partial charge in [0.15, 0.2) is 0 Å². The summed E-state index contributed by atoms with van der Waals surface area (Å²) in [5.74, 6) is -0.567. The highest BCUT2D eigenvalue weighted by molar-refractivity contribution is 7.98. The first-order valence-corrected chi connectivity index (χ1v) is 9.32. The van der Waals surface area contributed by atoms with Crippen molar-refractivity contribution in [3.8, 4) is 0 Å². The number of anilines is 1. The first-order chi connectivity index (χ1) is 12.0. The molecule has 0 unspecified atom stereocenters. The van der Waals surface area contributed by atoms with Crippen molar-refractivity contribution >= 4 is 29.3 Å². The minimum absolute atomic E-state index is 0.103. The normalized spacial score (nSPS) is 11.6. The lowest BCUT2D eigenvalue weighted by Crippen LogP contribution is -2.44. The SMILES string of the molecule is CSCC[C@@H](NC(=O)c1ccc(C)cc1)C(=O)Nc1ccccc1F. The van der Waals surface area contributed by atoms with Crippen molar-refractivity contribution in [3.05, 3.63) is 65.5 Å². The second-order valence-electron chi connectivity index (χ2n) is 5.64. The molecule has 0 fully saturated rings. The molecular weight excluding hydrogens is 339 g/mol. The molecule has 0 saturated heterocycles. The maximum absolute atomic E-state index is 13.7. The summed E-state index contributed by atoms with van der Waals surface area (Å²) in [4.78, 5) is 24.9. The molecule has 0 aliphatic carbocycles. The van der Waals surface area contributed by atoms with E-state index in [0.717, 1.165) is 5.56 Å². The molecule has 6 heteroatoms. The van der Waals surface area contributed by atoms with Gasteiger partial charge in [-0.3, -0.25) is 9.59 Å². The molecule has 2 amide bonds. The van der Waals surface area contributed by atoms with Crippen molar-refractivity contribution in [1.82, 2.24) is 5.32 Å². The second kappa shape index (κ2) is 9.22. The second-order valence-corrected chi connectivity index (χ2v) is 6.63. The van der Waals surface area contributed by atoms with Crippen LogP contribution >= 0.6 is 11.8 Å². The van der Waals surface area contributed by atoms with Crippen molar-refractivity contribution < 1.29 is 14.0 Å². The van der Waals surface area contributed by atoms with E-state index in [1.165, 1.54) is 12.1 Å². The maximum atomic E-state index is 13.7. The molecule has 0 heterocycles. The Labute approximate surface area is 151 Å². The van der Waals surface area contributed by atoms with Crippen molar-refractivity contribution in [3.63, 3.8) is 0 Å². The van der Waals surface area contributed by atoms with Gasteiger partial charge in [0, 0.05) is 5.56 Å². The van der Waals surface area contributed by atoms with E-state index in [1.54, 1.807) is 36.0 Å². The van der Waals surface area contributed by atoms with Gasteiger partial charge in [-0.15, -0.1) is 0 Å². The summed E-state index contributed by atoms with van der Waals surface area (Å²) in [6, 6.07) is 12.3. The predicted octanol–water partition coefficient (Wildman–Crippen LogP) is 3.62. The van der Waals surface area contributed by atoms with Crippen molar-refractivity contribution in [1.29, 1.82) is 0 Å². The van der Waals surface area contributed by atoms with E-state index >= 15 is 0 Å². The van der Waals surface area contributed by atoms with E-state index in [1.807, 2.05) is 25.3 Å². The minimum atomic E-state index is -0.735. The molecule has 0 radical (unpaired) electrons. The highest BCUT2D eigenvalue weighted by Gasteiger charge is 2.22. The Kier molecular flexibility index (Phi) is 7.01. The standard InChI is InChI=1S/C19H21FN2O2S/c1-13-7-9-14(10-8-13)18(23)22-17(11-12-25-2)19(24)21-16-6-4-3-5-15(16)20/h3-10,17H,11-12H2,1-2H3,(H,21,24)(H,22,23)/t17-/m1/s1. The number of para-hydroxylation sites is 1. The van der Waals surface area contributed by atoms with Gasteiger partial charge in [0.05, 0.1) is 5.69 Å². The molecule has 0 saturated carbocycles. The fourth-order valence-electron chi connectivity index (χ4n) is 2.23. The zero-order valence-corrected chi connectivity index (χ0v) is 15.0. The molecule has 1 atom stereocenters. The van der Waals surface area contributed by atoms with Crippen LogP contribution in [-0.2, 0) is 4.79 Å². The van der Waals surface area contributed by atoms with Crippen LogP contribution in [0.25, 0.3) is 0 Å². The molecule has 0 aromatic heterocycles. The molecular formula is C19H21FN2O2S. The smallest absolute Gasteiger partial charge is 0.251 e. The van der Waals surface area contributed by atoms with E-state index in [0.29, 0.717) is 17.7 Å². The lowest BCUT2D eigenvalue weighted by Gasteiger charge is -2.18. The van der Waals surface area contributed by atoms with Crippen LogP contribution in [0.1, 0.15) is 22.3 Å². The van der Waals surface area contributed by atoms with Gasteiger partial charge in [0.25, 0.3) is 5.91 Å². The van der Waals surface area contributed by atoms with Gasteiger partial charge in [-0.25, -0.2) is 4.39 Å². The number of rotatable bonds is 7. The average Bonchev–Trinajstić information content (AvgIpc) is 2.60. The molecule has 132 valence electrons. The molecule has 25 heavy (non-hydrogen) atoms. The van der Waals surface area contributed by atoms with Crippen LogP contribution in [0.3, 0.4) is 0 Å². The van der Waals surface area contributed by atoms with Crippen molar-refractivity contribution in [2.45, 2.75) is 19.4 Å². The zero-order valence-electron chi connectivity index (χ0n) is 14.2. The van der Waals surface area contributed by atoms with Crippen molar-refractivity contribution in [2.24, 2.45) is 0 Å². The third kappa shape index (κ3) is 5.60. The van der Waals surface area contributed by atoms with E-state index < -0.39 is 17.8 Å². The molecule has 2 rings (SSSR count). The number of carbonyl (C=O) groups is 2. The van der Waals surface area contributed by atoms with E-state index in [2.05, 4.69) is 10.6 Å². The predicted molar refractivity (Wildman–Crippen MR) is 100 cm³/mol. The van der Waals surface area contributed by atoms with Gasteiger partial charge < -0.3 is 10.6 Å². The van der Waals surface area contributed by atoms with Crippen LogP contribution < -0.4 is 10.6 Å². The largest absolute Gasteiger partial charge is 0.340 e. The summed E-state index contributed by atoms with van der Waals surface area (Å²) < 4.78 is 13.7. The minimum Gasteiger partial charge on any atom is -0.340 e. The fraction of sp³-hybridized carbons (Fsp3) is 0.263. The number of thioether (sulfide) groups is 1. The van der Waals surface area contributed by atoms with Gasteiger partial charge in [-0.2, -0.15) is 11.8 Å². The third-order valence-corrected chi connectivity index (χ3v) is 4.32. The molecule has 4 nitrogen and oxygen atoms in total.